The molecule has 10 heteroatoms. The summed E-state index contributed by atoms with van der Waals surface area (Å²) in [6.07, 6.45) is 2.56. The second-order valence-electron chi connectivity index (χ2n) is 3.31. The van der Waals surface area contributed by atoms with E-state index in [4.69, 9.17) is 21.6 Å². The van der Waals surface area contributed by atoms with Gasteiger partial charge in [-0.05, 0) is 0 Å². The molecule has 96 valence electrons. The fourth-order valence-corrected chi connectivity index (χ4v) is 1.92. The molecule has 2 rings (SSSR count). The molecule has 0 aliphatic rings. The van der Waals surface area contributed by atoms with E-state index in [2.05, 4.69) is 15.1 Å². The molecule has 0 aliphatic heterocycles. The van der Waals surface area contributed by atoms with Crippen LogP contribution in [0.4, 0.5) is 0 Å². The normalized spacial score (nSPS) is 12.8. The summed E-state index contributed by atoms with van der Waals surface area (Å²) in [5.74, 6) is -1.03. The van der Waals surface area contributed by atoms with Gasteiger partial charge in [-0.2, -0.15) is 0 Å². The molecule has 2 heterocycles. The molecule has 0 bridgehead atoms. The third-order valence-electron chi connectivity index (χ3n) is 2.17. The highest BCUT2D eigenvalue weighted by molar-refractivity contribution is 7.35. The van der Waals surface area contributed by atoms with Crippen LogP contribution in [0.15, 0.2) is 12.4 Å². The first-order chi connectivity index (χ1) is 8.49. The van der Waals surface area contributed by atoms with Gasteiger partial charge in [-0.15, -0.1) is 0 Å². The summed E-state index contributed by atoms with van der Waals surface area (Å²) in [6, 6.07) is 0. The Morgan fingerprint density at radius 3 is 2.94 bits per heavy atom. The van der Waals surface area contributed by atoms with E-state index >= 15 is 0 Å². The Labute approximate surface area is 106 Å². The Balaban J connectivity index is 2.51. The van der Waals surface area contributed by atoms with E-state index in [-0.39, 0.29) is 23.0 Å². The molecule has 0 saturated heterocycles. The van der Waals surface area contributed by atoms with Gasteiger partial charge in [0, 0.05) is 12.7 Å². The molecule has 0 fully saturated rings. The fraction of sp³-hybridized carbons (Fsp3) is 0.125. The van der Waals surface area contributed by atoms with Gasteiger partial charge in [0.1, 0.15) is 0 Å². The maximum atomic E-state index is 10.8. The van der Waals surface area contributed by atoms with Crippen molar-refractivity contribution in [2.75, 3.05) is 0 Å². The van der Waals surface area contributed by atoms with Gasteiger partial charge in [-0.1, -0.05) is 11.6 Å². The number of hydrogen-bond donors (Lipinski definition) is 3. The van der Waals surface area contributed by atoms with E-state index in [1.54, 1.807) is 0 Å². The highest BCUT2D eigenvalue weighted by Crippen LogP contribution is 2.18. The van der Waals surface area contributed by atoms with E-state index in [1.165, 1.54) is 16.8 Å². The SMILES string of the molecule is O=C(O)c1cn2c(CN[PH](=O)O)c(Cl)cnc2n1. The number of hydrogen-bond acceptors (Lipinski definition) is 4. The van der Waals surface area contributed by atoms with Gasteiger partial charge in [0.2, 0.25) is 5.78 Å². The quantitative estimate of drug-likeness (QED) is 0.704. The minimum Gasteiger partial charge on any atom is -0.476 e. The van der Waals surface area contributed by atoms with E-state index < -0.39 is 14.1 Å². The number of fused-ring (bicyclic) bond motifs is 1. The maximum absolute atomic E-state index is 10.8. The van der Waals surface area contributed by atoms with Gasteiger partial charge >= 0.3 is 5.97 Å². The van der Waals surface area contributed by atoms with Crippen molar-refractivity contribution in [3.05, 3.63) is 28.8 Å². The molecule has 8 nitrogen and oxygen atoms in total. The molecule has 0 amide bonds. The summed E-state index contributed by atoms with van der Waals surface area (Å²) in [5.41, 5.74) is 0.233. The van der Waals surface area contributed by atoms with Gasteiger partial charge in [0.15, 0.2) is 5.69 Å². The van der Waals surface area contributed by atoms with Crippen LogP contribution in [0.1, 0.15) is 16.2 Å². The number of carboxylic acid groups (broad SMARTS) is 1. The Bertz CT molecular complexity index is 643. The zero-order valence-electron chi connectivity index (χ0n) is 8.79. The van der Waals surface area contributed by atoms with E-state index in [0.717, 1.165) is 0 Å². The van der Waals surface area contributed by atoms with Crippen molar-refractivity contribution < 1.29 is 19.4 Å². The van der Waals surface area contributed by atoms with Crippen molar-refractivity contribution in [3.63, 3.8) is 0 Å². The van der Waals surface area contributed by atoms with Gasteiger partial charge in [0.25, 0.3) is 8.18 Å². The van der Waals surface area contributed by atoms with Crippen molar-refractivity contribution in [1.82, 2.24) is 19.5 Å². The minimum atomic E-state index is -2.86. The topological polar surface area (TPSA) is 117 Å². The largest absolute Gasteiger partial charge is 0.476 e. The average molecular weight is 291 g/mol. The first-order valence-electron chi connectivity index (χ1n) is 4.71. The van der Waals surface area contributed by atoms with Gasteiger partial charge in [-0.3, -0.25) is 8.97 Å². The molecule has 18 heavy (non-hydrogen) atoms. The molecular formula is C8H8ClN4O4P. The van der Waals surface area contributed by atoms with Crippen molar-refractivity contribution in [2.24, 2.45) is 0 Å². The standard InChI is InChI=1S/C8H8ClN4O4P/c9-4-1-10-8-12-5(7(14)15)3-13(8)6(4)2-11-18(16)17/h1,3,18H,2H2,(H,14,15)(H2,11,16,17). The summed E-state index contributed by atoms with van der Waals surface area (Å²) in [5, 5.41) is 11.4. The average Bonchev–Trinajstić information content (AvgIpc) is 2.71. The third-order valence-corrected chi connectivity index (χ3v) is 2.97. The lowest BCUT2D eigenvalue weighted by Gasteiger charge is -2.06. The van der Waals surface area contributed by atoms with Gasteiger partial charge in [-0.25, -0.2) is 19.8 Å². The number of imidazole rings is 1. The number of aromatic nitrogens is 3. The second kappa shape index (κ2) is 5.03. The second-order valence-corrected chi connectivity index (χ2v) is 4.68. The van der Waals surface area contributed by atoms with E-state index in [1.807, 2.05) is 0 Å². The summed E-state index contributed by atoms with van der Waals surface area (Å²) in [4.78, 5) is 27.2. The summed E-state index contributed by atoms with van der Waals surface area (Å²) in [7, 11) is -2.86. The zero-order chi connectivity index (χ0) is 13.3. The lowest BCUT2D eigenvalue weighted by molar-refractivity contribution is 0.0691. The zero-order valence-corrected chi connectivity index (χ0v) is 10.5. The predicted molar refractivity (Wildman–Crippen MR) is 63.0 cm³/mol. The number of nitrogens with one attached hydrogen (secondary N) is 1. The molecule has 0 aromatic carbocycles. The van der Waals surface area contributed by atoms with Crippen LogP contribution in [0.3, 0.4) is 0 Å². The van der Waals surface area contributed by atoms with Gasteiger partial charge < -0.3 is 10.00 Å². The number of halogens is 1. The number of rotatable bonds is 4. The molecule has 1 unspecified atom stereocenters. The highest BCUT2D eigenvalue weighted by atomic mass is 35.5. The third kappa shape index (κ3) is 2.51. The molecule has 0 spiro atoms. The Morgan fingerprint density at radius 1 is 1.61 bits per heavy atom. The van der Waals surface area contributed by atoms with Crippen molar-refractivity contribution in [3.8, 4) is 0 Å². The number of carbonyl (C=O) groups is 1. The van der Waals surface area contributed by atoms with Crippen LogP contribution in [0, 0.1) is 0 Å². The lowest BCUT2D eigenvalue weighted by atomic mass is 10.4. The van der Waals surface area contributed by atoms with Crippen LogP contribution in [0.2, 0.25) is 5.02 Å². The molecule has 1 atom stereocenters. The van der Waals surface area contributed by atoms with E-state index in [0.29, 0.717) is 5.69 Å². The number of aromatic carboxylic acids is 1. The summed E-state index contributed by atoms with van der Waals surface area (Å²) in [6.45, 7) is 0.00156. The van der Waals surface area contributed by atoms with Crippen LogP contribution >= 0.6 is 19.8 Å². The highest BCUT2D eigenvalue weighted by Gasteiger charge is 2.14. The first-order valence-corrected chi connectivity index (χ1v) is 6.45. The first kappa shape index (κ1) is 13.0. The fourth-order valence-electron chi connectivity index (χ4n) is 1.40. The van der Waals surface area contributed by atoms with Crippen molar-refractivity contribution in [2.45, 2.75) is 6.54 Å². The molecule has 0 radical (unpaired) electrons. The van der Waals surface area contributed by atoms with Gasteiger partial charge in [0.05, 0.1) is 16.9 Å². The Morgan fingerprint density at radius 2 is 2.33 bits per heavy atom. The Kier molecular flexibility index (Phi) is 3.63. The smallest absolute Gasteiger partial charge is 0.356 e. The van der Waals surface area contributed by atoms with Crippen LogP contribution in [0.5, 0.6) is 0 Å². The Hall–Kier alpha value is -1.47. The van der Waals surface area contributed by atoms with Crippen molar-refractivity contribution >= 4 is 31.5 Å². The molecule has 0 aliphatic carbocycles. The van der Waals surface area contributed by atoms with Crippen LogP contribution < -0.4 is 5.09 Å². The lowest BCUT2D eigenvalue weighted by Crippen LogP contribution is -2.08. The number of carboxylic acids is 1. The molecule has 2 aromatic heterocycles. The molecule has 3 N–H and O–H groups in total. The summed E-state index contributed by atoms with van der Waals surface area (Å²) >= 11 is 5.90. The molecular weight excluding hydrogens is 283 g/mol. The maximum Gasteiger partial charge on any atom is 0.356 e. The monoisotopic (exact) mass is 290 g/mol. The van der Waals surface area contributed by atoms with Crippen LogP contribution in [-0.4, -0.2) is 30.3 Å². The molecule has 2 aromatic rings. The minimum absolute atomic E-state index is 0.00156. The van der Waals surface area contributed by atoms with Crippen LogP contribution in [-0.2, 0) is 11.1 Å². The number of nitrogens with zero attached hydrogens (tertiary/aromatic N) is 3. The van der Waals surface area contributed by atoms with E-state index in [9.17, 15) is 9.36 Å². The van der Waals surface area contributed by atoms with Crippen molar-refractivity contribution in [1.29, 1.82) is 0 Å². The van der Waals surface area contributed by atoms with Crippen LogP contribution in [0.25, 0.3) is 5.78 Å². The summed E-state index contributed by atoms with van der Waals surface area (Å²) < 4.78 is 12.0. The predicted octanol–water partition coefficient (Wildman–Crippen LogP) is 0.552. The molecule has 0 saturated carbocycles.